The van der Waals surface area contributed by atoms with Gasteiger partial charge >= 0.3 is 0 Å². The van der Waals surface area contributed by atoms with E-state index < -0.39 is 0 Å². The van der Waals surface area contributed by atoms with Crippen LogP contribution in [-0.4, -0.2) is 6.41 Å². The van der Waals surface area contributed by atoms with E-state index in [4.69, 9.17) is 0 Å². The molecule has 3 heteroatoms. The first kappa shape index (κ1) is 10.3. The average molecular weight is 242 g/mol. The number of carbonyl (C=O) groups excluding carboxylic acids is 1. The summed E-state index contributed by atoms with van der Waals surface area (Å²) in [6.45, 7) is 3.99. The van der Waals surface area contributed by atoms with Gasteiger partial charge in [0.1, 0.15) is 0 Å². The van der Waals surface area contributed by atoms with E-state index in [-0.39, 0.29) is 6.04 Å². The molecular formula is C10H12BrNO. The molecule has 70 valence electrons. The van der Waals surface area contributed by atoms with Crippen molar-refractivity contribution in [3.05, 3.63) is 33.8 Å². The molecular weight excluding hydrogens is 230 g/mol. The van der Waals surface area contributed by atoms with Gasteiger partial charge in [0.2, 0.25) is 6.41 Å². The zero-order valence-corrected chi connectivity index (χ0v) is 9.26. The number of nitrogens with one attached hydrogen (secondary N) is 1. The lowest BCUT2D eigenvalue weighted by molar-refractivity contribution is -0.110. The third-order valence-corrected chi connectivity index (χ3v) is 2.51. The standard InChI is InChI=1S/C10H12BrNO/c1-7-5-9(11)3-4-10(7)8(2)12-6-13/h3-6,8H,1-2H3,(H,12,13)/t8-/m0/s1. The Kier molecular flexibility index (Phi) is 3.48. The lowest BCUT2D eigenvalue weighted by Crippen LogP contribution is -2.16. The Labute approximate surface area is 86.5 Å². The molecule has 0 unspecified atom stereocenters. The minimum atomic E-state index is 0.0746. The number of carbonyl (C=O) groups is 1. The van der Waals surface area contributed by atoms with Crippen LogP contribution in [0.5, 0.6) is 0 Å². The predicted octanol–water partition coefficient (Wildman–Crippen LogP) is 2.56. The van der Waals surface area contributed by atoms with Gasteiger partial charge in [-0.05, 0) is 37.1 Å². The van der Waals surface area contributed by atoms with Crippen molar-refractivity contribution in [3.63, 3.8) is 0 Å². The van der Waals surface area contributed by atoms with Crippen LogP contribution in [0.2, 0.25) is 0 Å². The van der Waals surface area contributed by atoms with Gasteiger partial charge < -0.3 is 5.32 Å². The Balaban J connectivity index is 2.94. The highest BCUT2D eigenvalue weighted by Gasteiger charge is 2.06. The molecule has 2 nitrogen and oxygen atoms in total. The van der Waals surface area contributed by atoms with E-state index in [1.807, 2.05) is 32.0 Å². The molecule has 0 radical (unpaired) electrons. The first-order chi connectivity index (χ1) is 6.15. The molecule has 1 atom stereocenters. The van der Waals surface area contributed by atoms with E-state index in [0.29, 0.717) is 0 Å². The van der Waals surface area contributed by atoms with Crippen LogP contribution in [0.25, 0.3) is 0 Å². The summed E-state index contributed by atoms with van der Waals surface area (Å²) in [4.78, 5) is 10.2. The molecule has 0 spiro atoms. The van der Waals surface area contributed by atoms with Crippen molar-refractivity contribution in [2.75, 3.05) is 0 Å². The number of rotatable bonds is 3. The van der Waals surface area contributed by atoms with Gasteiger partial charge in [0, 0.05) is 4.47 Å². The second-order valence-corrected chi connectivity index (χ2v) is 3.92. The first-order valence-corrected chi connectivity index (χ1v) is 4.90. The van der Waals surface area contributed by atoms with E-state index in [0.717, 1.165) is 16.4 Å². The molecule has 1 rings (SSSR count). The summed E-state index contributed by atoms with van der Waals surface area (Å²) in [5, 5.41) is 2.73. The normalized spacial score (nSPS) is 12.2. The van der Waals surface area contributed by atoms with Gasteiger partial charge in [0.15, 0.2) is 0 Å². The number of halogens is 1. The third kappa shape index (κ3) is 2.56. The van der Waals surface area contributed by atoms with E-state index in [9.17, 15) is 4.79 Å². The zero-order valence-electron chi connectivity index (χ0n) is 7.67. The van der Waals surface area contributed by atoms with Crippen molar-refractivity contribution in [1.82, 2.24) is 5.32 Å². The molecule has 0 aliphatic carbocycles. The summed E-state index contributed by atoms with van der Waals surface area (Å²) in [5.74, 6) is 0. The highest BCUT2D eigenvalue weighted by atomic mass is 79.9. The van der Waals surface area contributed by atoms with Crippen LogP contribution in [0.15, 0.2) is 22.7 Å². The zero-order chi connectivity index (χ0) is 9.84. The Morgan fingerprint density at radius 3 is 2.77 bits per heavy atom. The van der Waals surface area contributed by atoms with E-state index >= 15 is 0 Å². The summed E-state index contributed by atoms with van der Waals surface area (Å²) in [7, 11) is 0. The molecule has 0 heterocycles. The number of hydrogen-bond donors (Lipinski definition) is 1. The van der Waals surface area contributed by atoms with E-state index in [1.165, 1.54) is 5.56 Å². The maximum atomic E-state index is 10.2. The van der Waals surface area contributed by atoms with Crippen LogP contribution in [0, 0.1) is 6.92 Å². The van der Waals surface area contributed by atoms with Crippen LogP contribution >= 0.6 is 15.9 Å². The molecule has 1 aromatic rings. The Morgan fingerprint density at radius 1 is 1.54 bits per heavy atom. The summed E-state index contributed by atoms with van der Waals surface area (Å²) in [6.07, 6.45) is 0.728. The van der Waals surface area contributed by atoms with Gasteiger partial charge in [0.05, 0.1) is 6.04 Å². The molecule has 1 N–H and O–H groups in total. The molecule has 1 aromatic carbocycles. The summed E-state index contributed by atoms with van der Waals surface area (Å²) in [5.41, 5.74) is 2.33. The molecule has 0 aromatic heterocycles. The highest BCUT2D eigenvalue weighted by molar-refractivity contribution is 9.10. The van der Waals surface area contributed by atoms with Gasteiger partial charge in [0.25, 0.3) is 0 Å². The molecule has 0 bridgehead atoms. The van der Waals surface area contributed by atoms with Crippen molar-refractivity contribution in [2.24, 2.45) is 0 Å². The van der Waals surface area contributed by atoms with Crippen LogP contribution in [0.1, 0.15) is 24.1 Å². The Bertz CT molecular complexity index is 312. The largest absolute Gasteiger partial charge is 0.352 e. The quantitative estimate of drug-likeness (QED) is 0.811. The minimum Gasteiger partial charge on any atom is -0.352 e. The summed E-state index contributed by atoms with van der Waals surface area (Å²) >= 11 is 3.39. The summed E-state index contributed by atoms with van der Waals surface area (Å²) in [6, 6.07) is 6.11. The van der Waals surface area contributed by atoms with Gasteiger partial charge in [-0.15, -0.1) is 0 Å². The second-order valence-electron chi connectivity index (χ2n) is 3.01. The molecule has 0 aliphatic rings. The van der Waals surface area contributed by atoms with Gasteiger partial charge in [-0.2, -0.15) is 0 Å². The molecule has 0 saturated carbocycles. The van der Waals surface area contributed by atoms with Crippen molar-refractivity contribution >= 4 is 22.3 Å². The number of aryl methyl sites for hydroxylation is 1. The number of benzene rings is 1. The maximum Gasteiger partial charge on any atom is 0.207 e. The van der Waals surface area contributed by atoms with Gasteiger partial charge in [-0.3, -0.25) is 4.79 Å². The van der Waals surface area contributed by atoms with Crippen molar-refractivity contribution in [3.8, 4) is 0 Å². The molecule has 13 heavy (non-hydrogen) atoms. The SMILES string of the molecule is Cc1cc(Br)ccc1[C@H](C)NC=O. The Hall–Kier alpha value is -0.830. The van der Waals surface area contributed by atoms with Crippen molar-refractivity contribution < 1.29 is 4.79 Å². The lowest BCUT2D eigenvalue weighted by atomic mass is 10.0. The monoisotopic (exact) mass is 241 g/mol. The van der Waals surface area contributed by atoms with Crippen LogP contribution < -0.4 is 5.32 Å². The Morgan fingerprint density at radius 2 is 2.23 bits per heavy atom. The van der Waals surface area contributed by atoms with Crippen LogP contribution in [0.3, 0.4) is 0 Å². The maximum absolute atomic E-state index is 10.2. The predicted molar refractivity (Wildman–Crippen MR) is 56.5 cm³/mol. The van der Waals surface area contributed by atoms with E-state index in [1.54, 1.807) is 0 Å². The minimum absolute atomic E-state index is 0.0746. The fourth-order valence-electron chi connectivity index (χ4n) is 1.32. The first-order valence-electron chi connectivity index (χ1n) is 4.11. The highest BCUT2D eigenvalue weighted by Crippen LogP contribution is 2.20. The summed E-state index contributed by atoms with van der Waals surface area (Å²) < 4.78 is 1.06. The second kappa shape index (κ2) is 4.42. The van der Waals surface area contributed by atoms with Crippen molar-refractivity contribution in [1.29, 1.82) is 0 Å². The van der Waals surface area contributed by atoms with Crippen LogP contribution in [-0.2, 0) is 4.79 Å². The molecule has 0 fully saturated rings. The average Bonchev–Trinajstić information content (AvgIpc) is 2.04. The van der Waals surface area contributed by atoms with E-state index in [2.05, 4.69) is 21.2 Å². The molecule has 1 amide bonds. The molecule has 0 saturated heterocycles. The number of hydrogen-bond acceptors (Lipinski definition) is 1. The van der Waals surface area contributed by atoms with Gasteiger partial charge in [-0.1, -0.05) is 22.0 Å². The third-order valence-electron chi connectivity index (χ3n) is 2.02. The van der Waals surface area contributed by atoms with Gasteiger partial charge in [-0.25, -0.2) is 0 Å². The lowest BCUT2D eigenvalue weighted by Gasteiger charge is -2.13. The topological polar surface area (TPSA) is 29.1 Å². The molecule has 0 aliphatic heterocycles. The fraction of sp³-hybridized carbons (Fsp3) is 0.300. The van der Waals surface area contributed by atoms with Crippen LogP contribution in [0.4, 0.5) is 0 Å². The van der Waals surface area contributed by atoms with Crippen molar-refractivity contribution in [2.45, 2.75) is 19.9 Å². The fourth-order valence-corrected chi connectivity index (χ4v) is 1.79. The number of amides is 1. The smallest absolute Gasteiger partial charge is 0.207 e.